The van der Waals surface area contributed by atoms with Gasteiger partial charge in [-0.1, -0.05) is 22.8 Å². The Labute approximate surface area is 196 Å². The Morgan fingerprint density at radius 3 is 2.73 bits per heavy atom. The van der Waals surface area contributed by atoms with E-state index in [9.17, 15) is 8.42 Å². The number of aromatic nitrogens is 3. The predicted molar refractivity (Wildman–Crippen MR) is 129 cm³/mol. The maximum Gasteiger partial charge on any atom is 0.261 e. The Morgan fingerprint density at radius 2 is 1.97 bits per heavy atom. The smallest absolute Gasteiger partial charge is 0.261 e. The number of hydrogen-bond acceptors (Lipinski definition) is 6. The van der Waals surface area contributed by atoms with E-state index in [1.165, 1.54) is 12.3 Å². The van der Waals surface area contributed by atoms with Crippen molar-refractivity contribution in [1.29, 1.82) is 0 Å². The number of oxime groups is 1. The van der Waals surface area contributed by atoms with Crippen LogP contribution in [0.5, 0.6) is 0 Å². The lowest BCUT2D eigenvalue weighted by Crippen LogP contribution is -2.18. The monoisotopic (exact) mass is 483 g/mol. The molecule has 3 aromatic heterocycles. The van der Waals surface area contributed by atoms with Crippen molar-refractivity contribution in [1.82, 2.24) is 15.0 Å². The average Bonchev–Trinajstić information content (AvgIpc) is 3.26. The molecule has 2 N–H and O–H groups in total. The number of halogens is 1. The van der Waals surface area contributed by atoms with Crippen molar-refractivity contribution in [2.24, 2.45) is 5.16 Å². The number of aromatic amines is 1. The molecule has 0 fully saturated rings. The van der Waals surface area contributed by atoms with Crippen LogP contribution in [0.4, 0.5) is 5.69 Å². The fraction of sp³-hybridized carbons (Fsp3) is 0.174. The summed E-state index contributed by atoms with van der Waals surface area (Å²) < 4.78 is 29.0. The van der Waals surface area contributed by atoms with Crippen LogP contribution in [0.15, 0.2) is 65.0 Å². The van der Waals surface area contributed by atoms with Crippen LogP contribution in [0.25, 0.3) is 11.0 Å². The molecule has 4 aromatic rings. The zero-order valence-electron chi connectivity index (χ0n) is 18.3. The number of H-pyrrole nitrogens is 1. The van der Waals surface area contributed by atoms with E-state index in [4.69, 9.17) is 16.4 Å². The molecule has 0 saturated heterocycles. The predicted octanol–water partition coefficient (Wildman–Crippen LogP) is 4.82. The fourth-order valence-corrected chi connectivity index (χ4v) is 4.61. The molecule has 0 aliphatic heterocycles. The third-order valence-electron chi connectivity index (χ3n) is 5.11. The van der Waals surface area contributed by atoms with Crippen molar-refractivity contribution < 1.29 is 13.3 Å². The second-order valence-corrected chi connectivity index (χ2v) is 9.48. The summed E-state index contributed by atoms with van der Waals surface area (Å²) in [4.78, 5) is 17.3. The molecular formula is C23H22ClN5O3S. The minimum Gasteiger partial charge on any atom is -0.396 e. The Kier molecular flexibility index (Phi) is 6.35. The molecule has 10 heteroatoms. The lowest BCUT2D eigenvalue weighted by Gasteiger charge is -2.15. The summed E-state index contributed by atoms with van der Waals surface area (Å²) in [6, 6.07) is 10.1. The maximum absolute atomic E-state index is 13.2. The first kappa shape index (κ1) is 22.8. The number of hydrogen-bond donors (Lipinski definition) is 2. The number of pyridine rings is 2. The zero-order valence-corrected chi connectivity index (χ0v) is 19.8. The average molecular weight is 484 g/mol. The number of nitrogens with one attached hydrogen (secondary N) is 2. The second kappa shape index (κ2) is 9.21. The van der Waals surface area contributed by atoms with E-state index >= 15 is 0 Å². The molecule has 0 saturated carbocycles. The van der Waals surface area contributed by atoms with Gasteiger partial charge in [0.1, 0.15) is 23.7 Å². The van der Waals surface area contributed by atoms with Gasteiger partial charge in [-0.05, 0) is 62.2 Å². The summed E-state index contributed by atoms with van der Waals surface area (Å²) in [5, 5.41) is 5.33. The third kappa shape index (κ3) is 4.69. The van der Waals surface area contributed by atoms with E-state index in [2.05, 4.69) is 24.8 Å². The molecule has 3 heterocycles. The van der Waals surface area contributed by atoms with Crippen molar-refractivity contribution in [2.75, 3.05) is 11.3 Å². The highest BCUT2D eigenvalue weighted by atomic mass is 35.5. The summed E-state index contributed by atoms with van der Waals surface area (Å²) in [5.74, 6) is 0. The van der Waals surface area contributed by atoms with Gasteiger partial charge in [0, 0.05) is 29.5 Å². The standard InChI is InChI=1S/C23H22ClN5O3S/c1-4-32-28-21(18-7-9-25-23-19(18)8-10-26-23)22-20(12-16(24)13-27-22)29-33(30,31)17-6-5-14(2)15(3)11-17/h5-13,29H,4H2,1-3H3,(H,25,26)/b28-21-. The highest BCUT2D eigenvalue weighted by molar-refractivity contribution is 7.92. The van der Waals surface area contributed by atoms with Crippen molar-refractivity contribution in [3.8, 4) is 0 Å². The summed E-state index contributed by atoms with van der Waals surface area (Å²) >= 11 is 6.19. The highest BCUT2D eigenvalue weighted by Crippen LogP contribution is 2.28. The zero-order chi connectivity index (χ0) is 23.6. The van der Waals surface area contributed by atoms with E-state index in [-0.39, 0.29) is 21.3 Å². The first-order valence-electron chi connectivity index (χ1n) is 10.2. The molecule has 170 valence electrons. The van der Waals surface area contributed by atoms with E-state index < -0.39 is 10.0 Å². The minimum absolute atomic E-state index is 0.136. The molecule has 0 amide bonds. The summed E-state index contributed by atoms with van der Waals surface area (Å²) in [5.41, 5.74) is 4.00. The van der Waals surface area contributed by atoms with Gasteiger partial charge in [0.15, 0.2) is 0 Å². The van der Waals surface area contributed by atoms with Crippen LogP contribution < -0.4 is 4.72 Å². The molecular weight excluding hydrogens is 462 g/mol. The lowest BCUT2D eigenvalue weighted by molar-refractivity contribution is 0.159. The number of nitrogens with zero attached hydrogens (tertiary/aromatic N) is 3. The van der Waals surface area contributed by atoms with Gasteiger partial charge in [0.2, 0.25) is 0 Å². The van der Waals surface area contributed by atoms with Crippen LogP contribution in [-0.2, 0) is 14.9 Å². The molecule has 0 aliphatic carbocycles. The van der Waals surface area contributed by atoms with Crippen molar-refractivity contribution in [3.63, 3.8) is 0 Å². The van der Waals surface area contributed by atoms with Crippen molar-refractivity contribution >= 4 is 44.1 Å². The number of benzene rings is 1. The first-order valence-corrected chi connectivity index (χ1v) is 12.0. The van der Waals surface area contributed by atoms with Gasteiger partial charge in [-0.15, -0.1) is 0 Å². The normalized spacial score (nSPS) is 12.2. The number of anilines is 1. The molecule has 0 atom stereocenters. The number of fused-ring (bicyclic) bond motifs is 1. The summed E-state index contributed by atoms with van der Waals surface area (Å²) in [7, 11) is -3.92. The molecule has 33 heavy (non-hydrogen) atoms. The van der Waals surface area contributed by atoms with Crippen LogP contribution in [0.1, 0.15) is 29.3 Å². The van der Waals surface area contributed by atoms with Gasteiger partial charge in [-0.25, -0.2) is 13.4 Å². The van der Waals surface area contributed by atoms with Crippen LogP contribution in [0, 0.1) is 13.8 Å². The molecule has 8 nitrogen and oxygen atoms in total. The van der Waals surface area contributed by atoms with E-state index in [0.717, 1.165) is 16.5 Å². The highest BCUT2D eigenvalue weighted by Gasteiger charge is 2.23. The van der Waals surface area contributed by atoms with E-state index in [1.54, 1.807) is 43.6 Å². The van der Waals surface area contributed by atoms with Crippen LogP contribution >= 0.6 is 11.6 Å². The van der Waals surface area contributed by atoms with Crippen LogP contribution in [-0.4, -0.2) is 35.7 Å². The Morgan fingerprint density at radius 1 is 1.15 bits per heavy atom. The number of rotatable bonds is 7. The van der Waals surface area contributed by atoms with Gasteiger partial charge in [0.05, 0.1) is 15.6 Å². The molecule has 0 radical (unpaired) electrons. The summed E-state index contributed by atoms with van der Waals surface area (Å²) in [6.07, 6.45) is 4.82. The van der Waals surface area contributed by atoms with E-state index in [0.29, 0.717) is 23.5 Å². The fourth-order valence-electron chi connectivity index (χ4n) is 3.31. The van der Waals surface area contributed by atoms with Gasteiger partial charge >= 0.3 is 0 Å². The molecule has 1 aromatic carbocycles. The Balaban J connectivity index is 1.85. The Hall–Kier alpha value is -3.43. The van der Waals surface area contributed by atoms with Crippen molar-refractivity contribution in [3.05, 3.63) is 82.4 Å². The SMILES string of the molecule is CCO/N=C(\c1ncc(Cl)cc1NS(=O)(=O)c1ccc(C)c(C)c1)c1ccnc2[nH]ccc12. The molecule has 0 spiro atoms. The topological polar surface area (TPSA) is 109 Å². The minimum atomic E-state index is -3.92. The number of aryl methyl sites for hydroxylation is 2. The maximum atomic E-state index is 13.2. The van der Waals surface area contributed by atoms with Crippen LogP contribution in [0.2, 0.25) is 5.02 Å². The Bertz CT molecular complexity index is 1460. The molecule has 0 aliphatic rings. The van der Waals surface area contributed by atoms with Crippen molar-refractivity contribution in [2.45, 2.75) is 25.7 Å². The van der Waals surface area contributed by atoms with Gasteiger partial charge < -0.3 is 9.82 Å². The molecule has 0 unspecified atom stereocenters. The van der Waals surface area contributed by atoms with Crippen LogP contribution in [0.3, 0.4) is 0 Å². The second-order valence-electron chi connectivity index (χ2n) is 7.36. The molecule has 4 rings (SSSR count). The van der Waals surface area contributed by atoms with Gasteiger partial charge in [-0.2, -0.15) is 0 Å². The lowest BCUT2D eigenvalue weighted by atomic mass is 10.0. The molecule has 0 bridgehead atoms. The third-order valence-corrected chi connectivity index (χ3v) is 6.68. The largest absolute Gasteiger partial charge is 0.396 e. The number of sulfonamides is 1. The quantitative estimate of drug-likeness (QED) is 0.289. The first-order chi connectivity index (χ1) is 15.8. The summed E-state index contributed by atoms with van der Waals surface area (Å²) in [6.45, 7) is 5.91. The van der Waals surface area contributed by atoms with E-state index in [1.807, 2.05) is 19.9 Å². The van der Waals surface area contributed by atoms with Gasteiger partial charge in [0.25, 0.3) is 10.0 Å². The van der Waals surface area contributed by atoms with Gasteiger partial charge in [-0.3, -0.25) is 9.71 Å².